The van der Waals surface area contributed by atoms with Gasteiger partial charge in [-0.05, 0) is 38.8 Å². The zero-order valence-electron chi connectivity index (χ0n) is 17.0. The monoisotopic (exact) mass is 448 g/mol. The van der Waals surface area contributed by atoms with Gasteiger partial charge in [0.25, 0.3) is 10.0 Å². The molecule has 3 aromatic heterocycles. The lowest BCUT2D eigenvalue weighted by molar-refractivity contribution is -0.120. The number of sulfonamides is 1. The van der Waals surface area contributed by atoms with E-state index in [4.69, 9.17) is 0 Å². The van der Waals surface area contributed by atoms with E-state index in [-0.39, 0.29) is 29.9 Å². The Morgan fingerprint density at radius 2 is 2.00 bits per heavy atom. The Kier molecular flexibility index (Phi) is 5.51. The minimum atomic E-state index is -3.64. The van der Waals surface area contributed by atoms with Crippen molar-refractivity contribution in [3.8, 4) is 10.6 Å². The Hall–Kier alpha value is -2.50. The molecule has 0 aliphatic carbocycles. The standard InChI is InChI=1S/C19H24N6O3S2/c1-12-4-5-16(29-12)15-10-17(23-22-15)21-19(26)14-6-8-25(9-7-14)30(27,28)18-11-24(3)13(2)20-18/h4-5,10-11,14H,6-9H2,1-3H3,(H2,21,22,23,26). The molecule has 11 heteroatoms. The molecule has 0 spiro atoms. The van der Waals surface area contributed by atoms with Crippen LogP contribution in [0.4, 0.5) is 5.82 Å². The van der Waals surface area contributed by atoms with E-state index in [1.807, 2.05) is 25.1 Å². The first kappa shape index (κ1) is 20.8. The van der Waals surface area contributed by atoms with Gasteiger partial charge in [-0.2, -0.15) is 9.40 Å². The molecule has 2 N–H and O–H groups in total. The van der Waals surface area contributed by atoms with Gasteiger partial charge in [-0.15, -0.1) is 11.3 Å². The lowest BCUT2D eigenvalue weighted by Crippen LogP contribution is -2.41. The second kappa shape index (κ2) is 7.97. The van der Waals surface area contributed by atoms with Gasteiger partial charge in [0.2, 0.25) is 5.91 Å². The summed E-state index contributed by atoms with van der Waals surface area (Å²) in [5.41, 5.74) is 0.856. The van der Waals surface area contributed by atoms with Crippen LogP contribution in [-0.4, -0.2) is 51.5 Å². The number of imidazole rings is 1. The highest BCUT2D eigenvalue weighted by Gasteiger charge is 2.33. The Morgan fingerprint density at radius 3 is 2.60 bits per heavy atom. The molecule has 0 bridgehead atoms. The van der Waals surface area contributed by atoms with E-state index in [2.05, 4.69) is 20.5 Å². The molecule has 3 aromatic rings. The number of nitrogens with one attached hydrogen (secondary N) is 2. The van der Waals surface area contributed by atoms with Crippen LogP contribution in [0.2, 0.25) is 0 Å². The summed E-state index contributed by atoms with van der Waals surface area (Å²) < 4.78 is 28.7. The number of carbonyl (C=O) groups excluding carboxylic acids is 1. The van der Waals surface area contributed by atoms with Crippen molar-refractivity contribution in [1.29, 1.82) is 0 Å². The number of aromatic nitrogens is 4. The van der Waals surface area contributed by atoms with Crippen LogP contribution < -0.4 is 5.32 Å². The topological polar surface area (TPSA) is 113 Å². The van der Waals surface area contributed by atoms with E-state index in [0.29, 0.717) is 24.5 Å². The maximum Gasteiger partial charge on any atom is 0.262 e. The fourth-order valence-electron chi connectivity index (χ4n) is 3.46. The smallest absolute Gasteiger partial charge is 0.262 e. The molecule has 1 aliphatic rings. The normalized spacial score (nSPS) is 16.1. The van der Waals surface area contributed by atoms with Crippen molar-refractivity contribution in [2.75, 3.05) is 18.4 Å². The van der Waals surface area contributed by atoms with E-state index >= 15 is 0 Å². The zero-order valence-corrected chi connectivity index (χ0v) is 18.7. The van der Waals surface area contributed by atoms with E-state index in [0.717, 1.165) is 10.6 Å². The van der Waals surface area contributed by atoms with Gasteiger partial charge in [0, 0.05) is 43.2 Å². The molecular weight excluding hydrogens is 424 g/mol. The van der Waals surface area contributed by atoms with Crippen molar-refractivity contribution in [1.82, 2.24) is 24.1 Å². The summed E-state index contributed by atoms with van der Waals surface area (Å²) in [4.78, 5) is 19.0. The van der Waals surface area contributed by atoms with E-state index < -0.39 is 10.0 Å². The molecule has 9 nitrogen and oxygen atoms in total. The third kappa shape index (κ3) is 4.05. The summed E-state index contributed by atoms with van der Waals surface area (Å²) in [5, 5.41) is 10.0. The SMILES string of the molecule is Cc1ccc(-c2cc(NC(=O)C3CCN(S(=O)(=O)c4cn(C)c(C)n4)CC3)n[nH]2)s1. The van der Waals surface area contributed by atoms with E-state index in [1.54, 1.807) is 29.9 Å². The molecule has 4 heterocycles. The number of hydrogen-bond donors (Lipinski definition) is 2. The number of amides is 1. The number of nitrogens with zero attached hydrogens (tertiary/aromatic N) is 4. The molecule has 4 rings (SSSR count). The maximum atomic E-state index is 12.8. The summed E-state index contributed by atoms with van der Waals surface area (Å²) in [5.74, 6) is 0.714. The van der Waals surface area contributed by atoms with Crippen LogP contribution in [0.5, 0.6) is 0 Å². The Morgan fingerprint density at radius 1 is 1.27 bits per heavy atom. The second-order valence-electron chi connectivity index (χ2n) is 7.48. The first-order valence-electron chi connectivity index (χ1n) is 9.67. The number of aromatic amines is 1. The Balaban J connectivity index is 1.36. The van der Waals surface area contributed by atoms with E-state index in [1.165, 1.54) is 15.4 Å². The molecule has 0 atom stereocenters. The number of aryl methyl sites for hydroxylation is 3. The van der Waals surface area contributed by atoms with Gasteiger partial charge in [0.05, 0.1) is 10.6 Å². The quantitative estimate of drug-likeness (QED) is 0.623. The van der Waals surface area contributed by atoms with Crippen molar-refractivity contribution in [3.63, 3.8) is 0 Å². The molecular formula is C19H24N6O3S2. The number of H-pyrrole nitrogens is 1. The summed E-state index contributed by atoms with van der Waals surface area (Å²) >= 11 is 1.65. The highest BCUT2D eigenvalue weighted by molar-refractivity contribution is 7.89. The summed E-state index contributed by atoms with van der Waals surface area (Å²) in [7, 11) is -1.88. The van der Waals surface area contributed by atoms with Gasteiger partial charge in [-0.25, -0.2) is 13.4 Å². The summed E-state index contributed by atoms with van der Waals surface area (Å²) in [6, 6.07) is 5.86. The van der Waals surface area contributed by atoms with Crippen molar-refractivity contribution in [3.05, 3.63) is 35.1 Å². The second-order valence-corrected chi connectivity index (χ2v) is 10.7. The Bertz CT molecular complexity index is 1150. The molecule has 1 aliphatic heterocycles. The minimum absolute atomic E-state index is 0.0540. The first-order valence-corrected chi connectivity index (χ1v) is 11.9. The van der Waals surface area contributed by atoms with Crippen LogP contribution in [0.15, 0.2) is 29.4 Å². The fourth-order valence-corrected chi connectivity index (χ4v) is 5.79. The fraction of sp³-hybridized carbons (Fsp3) is 0.421. The van der Waals surface area contributed by atoms with Crippen molar-refractivity contribution in [2.45, 2.75) is 31.7 Å². The number of anilines is 1. The van der Waals surface area contributed by atoms with Crippen LogP contribution in [0, 0.1) is 19.8 Å². The molecule has 1 amide bonds. The number of piperidine rings is 1. The van der Waals surface area contributed by atoms with Gasteiger partial charge in [0.15, 0.2) is 10.8 Å². The predicted octanol–water partition coefficient (Wildman–Crippen LogP) is 2.53. The van der Waals surface area contributed by atoms with Gasteiger partial charge < -0.3 is 9.88 Å². The highest BCUT2D eigenvalue weighted by Crippen LogP contribution is 2.28. The lowest BCUT2D eigenvalue weighted by atomic mass is 9.97. The predicted molar refractivity (Wildman–Crippen MR) is 115 cm³/mol. The van der Waals surface area contributed by atoms with Crippen LogP contribution in [-0.2, 0) is 21.9 Å². The molecule has 30 heavy (non-hydrogen) atoms. The molecule has 1 fully saturated rings. The molecule has 0 radical (unpaired) electrons. The van der Waals surface area contributed by atoms with Gasteiger partial charge in [0.1, 0.15) is 5.82 Å². The zero-order chi connectivity index (χ0) is 21.5. The van der Waals surface area contributed by atoms with Crippen LogP contribution in [0.25, 0.3) is 10.6 Å². The van der Waals surface area contributed by atoms with Gasteiger partial charge >= 0.3 is 0 Å². The van der Waals surface area contributed by atoms with Crippen LogP contribution >= 0.6 is 11.3 Å². The van der Waals surface area contributed by atoms with Crippen molar-refractivity contribution in [2.24, 2.45) is 13.0 Å². The van der Waals surface area contributed by atoms with Gasteiger partial charge in [-0.3, -0.25) is 9.89 Å². The van der Waals surface area contributed by atoms with Crippen LogP contribution in [0.1, 0.15) is 23.5 Å². The van der Waals surface area contributed by atoms with Crippen LogP contribution in [0.3, 0.4) is 0 Å². The highest BCUT2D eigenvalue weighted by atomic mass is 32.2. The molecule has 0 aromatic carbocycles. The summed E-state index contributed by atoms with van der Waals surface area (Å²) in [6.45, 7) is 4.37. The average Bonchev–Trinajstić information content (AvgIpc) is 3.43. The van der Waals surface area contributed by atoms with E-state index in [9.17, 15) is 13.2 Å². The molecule has 0 unspecified atom stereocenters. The number of rotatable bonds is 5. The molecule has 0 saturated carbocycles. The lowest BCUT2D eigenvalue weighted by Gasteiger charge is -2.29. The molecule has 1 saturated heterocycles. The number of hydrogen-bond acceptors (Lipinski definition) is 6. The molecule has 160 valence electrons. The summed E-state index contributed by atoms with van der Waals surface area (Å²) in [6.07, 6.45) is 2.43. The first-order chi connectivity index (χ1) is 14.2. The number of carbonyl (C=O) groups is 1. The minimum Gasteiger partial charge on any atom is -0.337 e. The Labute approximate surface area is 179 Å². The van der Waals surface area contributed by atoms with Gasteiger partial charge in [-0.1, -0.05) is 0 Å². The number of thiophene rings is 1. The largest absolute Gasteiger partial charge is 0.337 e. The average molecular weight is 449 g/mol. The van der Waals surface area contributed by atoms with Crippen molar-refractivity contribution < 1.29 is 13.2 Å². The third-order valence-electron chi connectivity index (χ3n) is 5.35. The third-order valence-corrected chi connectivity index (χ3v) is 8.15. The van der Waals surface area contributed by atoms with Crippen molar-refractivity contribution >= 4 is 33.1 Å². The maximum absolute atomic E-state index is 12.8.